The summed E-state index contributed by atoms with van der Waals surface area (Å²) in [7, 11) is 1.94. The summed E-state index contributed by atoms with van der Waals surface area (Å²) in [4.78, 5) is 13.3. The van der Waals surface area contributed by atoms with Crippen molar-refractivity contribution in [3.05, 3.63) is 34.6 Å². The molecule has 22 heavy (non-hydrogen) atoms. The first-order valence-corrected chi connectivity index (χ1v) is 7.43. The third kappa shape index (κ3) is 3.15. The molecule has 0 radical (unpaired) electrons. The molecule has 120 valence electrons. The van der Waals surface area contributed by atoms with Crippen molar-refractivity contribution in [2.45, 2.75) is 33.2 Å². The first-order chi connectivity index (χ1) is 10.3. The number of carbonyl (C=O) groups is 1. The van der Waals surface area contributed by atoms with Crippen molar-refractivity contribution in [2.75, 3.05) is 20.2 Å². The zero-order valence-electron chi connectivity index (χ0n) is 13.5. The maximum absolute atomic E-state index is 11.3. The Hall–Kier alpha value is -1.85. The number of nitrogens with zero attached hydrogens (tertiary/aromatic N) is 1. The highest BCUT2D eigenvalue weighted by atomic mass is 16.4. The van der Waals surface area contributed by atoms with E-state index in [1.165, 1.54) is 0 Å². The number of aliphatic hydroxyl groups is 1. The number of aromatic carboxylic acids is 1. The molecule has 0 fully saturated rings. The topological polar surface area (TPSA) is 73.9 Å². The summed E-state index contributed by atoms with van der Waals surface area (Å²) in [6, 6.07) is 4.05. The van der Waals surface area contributed by atoms with Gasteiger partial charge in [0.2, 0.25) is 5.76 Å². The van der Waals surface area contributed by atoms with Crippen LogP contribution in [0.5, 0.6) is 0 Å². The molecule has 1 heterocycles. The molecule has 0 saturated carbocycles. The van der Waals surface area contributed by atoms with E-state index in [2.05, 4.69) is 19.9 Å². The summed E-state index contributed by atoms with van der Waals surface area (Å²) in [5.74, 6) is -0.794. The predicted octanol–water partition coefficient (Wildman–Crippen LogP) is 2.99. The highest BCUT2D eigenvalue weighted by Crippen LogP contribution is 2.33. The van der Waals surface area contributed by atoms with Crippen molar-refractivity contribution in [3.8, 4) is 0 Å². The minimum absolute atomic E-state index is 0.0118. The molecule has 1 aromatic carbocycles. The van der Waals surface area contributed by atoms with E-state index in [0.29, 0.717) is 24.2 Å². The molecule has 2 N–H and O–H groups in total. The zero-order chi connectivity index (χ0) is 16.4. The van der Waals surface area contributed by atoms with Crippen molar-refractivity contribution in [3.63, 3.8) is 0 Å². The van der Waals surface area contributed by atoms with Gasteiger partial charge in [-0.05, 0) is 37.1 Å². The van der Waals surface area contributed by atoms with E-state index >= 15 is 0 Å². The first-order valence-electron chi connectivity index (χ1n) is 7.43. The Labute approximate surface area is 130 Å². The molecular weight excluding hydrogens is 282 g/mol. The summed E-state index contributed by atoms with van der Waals surface area (Å²) >= 11 is 0. The molecule has 5 nitrogen and oxygen atoms in total. The number of benzene rings is 1. The van der Waals surface area contributed by atoms with Gasteiger partial charge in [0.1, 0.15) is 5.58 Å². The van der Waals surface area contributed by atoms with E-state index in [4.69, 9.17) is 9.52 Å². The van der Waals surface area contributed by atoms with E-state index in [1.54, 1.807) is 6.92 Å². The van der Waals surface area contributed by atoms with Gasteiger partial charge in [-0.2, -0.15) is 0 Å². The Morgan fingerprint density at radius 2 is 2.05 bits per heavy atom. The number of likely N-dealkylation sites (N-methyl/N-ethyl adjacent to an activating group) is 1. The van der Waals surface area contributed by atoms with Crippen LogP contribution in [0, 0.1) is 6.92 Å². The van der Waals surface area contributed by atoms with Crippen molar-refractivity contribution in [1.82, 2.24) is 4.90 Å². The summed E-state index contributed by atoms with van der Waals surface area (Å²) in [5.41, 5.74) is 3.43. The minimum Gasteiger partial charge on any atom is -0.475 e. The van der Waals surface area contributed by atoms with Gasteiger partial charge in [-0.3, -0.25) is 4.90 Å². The lowest BCUT2D eigenvalue weighted by Gasteiger charge is -2.17. The molecule has 2 aromatic rings. The number of carboxylic acids is 1. The van der Waals surface area contributed by atoms with Gasteiger partial charge in [0.15, 0.2) is 0 Å². The van der Waals surface area contributed by atoms with Crippen LogP contribution in [0.3, 0.4) is 0 Å². The zero-order valence-corrected chi connectivity index (χ0v) is 13.5. The van der Waals surface area contributed by atoms with Crippen LogP contribution >= 0.6 is 0 Å². The van der Waals surface area contributed by atoms with Crippen LogP contribution in [0.25, 0.3) is 11.0 Å². The second-order valence-electron chi connectivity index (χ2n) is 6.04. The second kappa shape index (κ2) is 6.50. The molecule has 0 aliphatic rings. The highest BCUT2D eigenvalue weighted by Gasteiger charge is 2.20. The molecule has 0 unspecified atom stereocenters. The lowest BCUT2D eigenvalue weighted by molar-refractivity contribution is 0.0664. The third-order valence-corrected chi connectivity index (χ3v) is 3.88. The number of aryl methyl sites for hydroxylation is 1. The quantitative estimate of drug-likeness (QED) is 0.858. The van der Waals surface area contributed by atoms with Crippen LogP contribution in [0.2, 0.25) is 0 Å². The SMILES string of the molecule is Cc1c(C(=O)O)oc2c(C(C)C)cc(CN(C)CCO)cc12. The summed E-state index contributed by atoms with van der Waals surface area (Å²) in [6.07, 6.45) is 0. The number of furan rings is 1. The van der Waals surface area contributed by atoms with Gasteiger partial charge in [-0.25, -0.2) is 4.79 Å². The minimum atomic E-state index is -1.04. The number of rotatable bonds is 6. The van der Waals surface area contributed by atoms with Crippen LogP contribution in [-0.4, -0.2) is 41.3 Å². The van der Waals surface area contributed by atoms with Gasteiger partial charge in [-0.1, -0.05) is 19.9 Å². The number of aliphatic hydroxyl groups excluding tert-OH is 1. The van der Waals surface area contributed by atoms with Crippen LogP contribution in [0.4, 0.5) is 0 Å². The van der Waals surface area contributed by atoms with E-state index < -0.39 is 5.97 Å². The third-order valence-electron chi connectivity index (χ3n) is 3.88. The molecule has 0 bridgehead atoms. The van der Waals surface area contributed by atoms with Crippen molar-refractivity contribution in [1.29, 1.82) is 0 Å². The van der Waals surface area contributed by atoms with E-state index in [0.717, 1.165) is 16.5 Å². The number of fused-ring (bicyclic) bond motifs is 1. The molecule has 0 aliphatic heterocycles. The number of carboxylic acid groups (broad SMARTS) is 1. The molecule has 0 amide bonds. The first kappa shape index (κ1) is 16.5. The van der Waals surface area contributed by atoms with Gasteiger partial charge in [-0.15, -0.1) is 0 Å². The fraction of sp³-hybridized carbons (Fsp3) is 0.471. The molecule has 0 spiro atoms. The van der Waals surface area contributed by atoms with Crippen LogP contribution in [0.15, 0.2) is 16.5 Å². The maximum Gasteiger partial charge on any atom is 0.372 e. The molecule has 1 aromatic heterocycles. The van der Waals surface area contributed by atoms with E-state index in [-0.39, 0.29) is 18.3 Å². The van der Waals surface area contributed by atoms with E-state index in [1.807, 2.05) is 18.0 Å². The van der Waals surface area contributed by atoms with E-state index in [9.17, 15) is 9.90 Å². The average Bonchev–Trinajstić information content (AvgIpc) is 2.76. The van der Waals surface area contributed by atoms with Gasteiger partial charge in [0.25, 0.3) is 0 Å². The highest BCUT2D eigenvalue weighted by molar-refractivity contribution is 5.96. The molecule has 0 aliphatic carbocycles. The molecule has 0 saturated heterocycles. The number of hydrogen-bond donors (Lipinski definition) is 2. The fourth-order valence-corrected chi connectivity index (χ4v) is 2.69. The van der Waals surface area contributed by atoms with Crippen LogP contribution in [0.1, 0.15) is 47.0 Å². The molecule has 0 atom stereocenters. The Morgan fingerprint density at radius 3 is 2.59 bits per heavy atom. The van der Waals surface area contributed by atoms with Crippen molar-refractivity contribution in [2.24, 2.45) is 0 Å². The second-order valence-corrected chi connectivity index (χ2v) is 6.04. The normalized spacial score (nSPS) is 11.8. The maximum atomic E-state index is 11.3. The summed E-state index contributed by atoms with van der Waals surface area (Å²) in [5, 5.41) is 19.1. The summed E-state index contributed by atoms with van der Waals surface area (Å²) in [6.45, 7) is 7.32. The fourth-order valence-electron chi connectivity index (χ4n) is 2.69. The molecular formula is C17H23NO4. The van der Waals surface area contributed by atoms with Gasteiger partial charge in [0.05, 0.1) is 6.61 Å². The summed E-state index contributed by atoms with van der Waals surface area (Å²) < 4.78 is 5.61. The average molecular weight is 305 g/mol. The largest absolute Gasteiger partial charge is 0.475 e. The monoisotopic (exact) mass is 305 g/mol. The Morgan fingerprint density at radius 1 is 1.36 bits per heavy atom. The standard InChI is InChI=1S/C17H23NO4/c1-10(2)13-7-12(9-18(4)5-6-19)8-14-11(3)15(17(20)21)22-16(13)14/h7-8,10,19H,5-6,9H2,1-4H3,(H,20,21). The molecule has 2 rings (SSSR count). The van der Waals surface area contributed by atoms with Crippen LogP contribution < -0.4 is 0 Å². The smallest absolute Gasteiger partial charge is 0.372 e. The molecule has 5 heteroatoms. The Balaban J connectivity index is 2.57. The van der Waals surface area contributed by atoms with Crippen LogP contribution in [-0.2, 0) is 6.54 Å². The Kier molecular flexibility index (Phi) is 4.88. The number of hydrogen-bond acceptors (Lipinski definition) is 4. The van der Waals surface area contributed by atoms with Crippen molar-refractivity contribution < 1.29 is 19.4 Å². The van der Waals surface area contributed by atoms with Crippen molar-refractivity contribution >= 4 is 16.9 Å². The lowest BCUT2D eigenvalue weighted by Crippen LogP contribution is -2.21. The Bertz CT molecular complexity index is 688. The predicted molar refractivity (Wildman–Crippen MR) is 85.4 cm³/mol. The van der Waals surface area contributed by atoms with Gasteiger partial charge >= 0.3 is 5.97 Å². The van der Waals surface area contributed by atoms with Gasteiger partial charge in [0, 0.05) is 24.0 Å². The lowest BCUT2D eigenvalue weighted by atomic mass is 9.96. The van der Waals surface area contributed by atoms with Gasteiger partial charge < -0.3 is 14.6 Å².